The lowest BCUT2D eigenvalue weighted by Crippen LogP contribution is -2.01. The van der Waals surface area contributed by atoms with Crippen LogP contribution < -0.4 is 0 Å². The van der Waals surface area contributed by atoms with Crippen LogP contribution in [0.2, 0.25) is 0 Å². The number of imidazole rings is 1. The van der Waals surface area contributed by atoms with Crippen LogP contribution in [0, 0.1) is 0 Å². The molecular formula is C45H30N2. The molecule has 0 amide bonds. The molecule has 0 N–H and O–H groups in total. The van der Waals surface area contributed by atoms with E-state index in [1.807, 2.05) is 53.1 Å². The second-order valence-corrected chi connectivity index (χ2v) is 11.6. The smallest absolute Gasteiger partial charge is 0.145 e. The molecule has 9 rings (SSSR count). The van der Waals surface area contributed by atoms with E-state index in [0.717, 1.165) is 66.1 Å². The van der Waals surface area contributed by atoms with Gasteiger partial charge in [0.05, 0.1) is 23.6 Å². The summed E-state index contributed by atoms with van der Waals surface area (Å²) in [5.41, 5.74) is 8.80. The van der Waals surface area contributed by atoms with E-state index in [9.17, 15) is 0 Å². The first-order valence-corrected chi connectivity index (χ1v) is 15.7. The molecule has 9 aromatic rings. The van der Waals surface area contributed by atoms with Crippen LogP contribution in [0.4, 0.5) is 0 Å². The summed E-state index contributed by atoms with van der Waals surface area (Å²) in [5, 5.41) is 4.36. The summed E-state index contributed by atoms with van der Waals surface area (Å²) >= 11 is 0. The Bertz CT molecular complexity index is 2770. The average Bonchev–Trinajstić information content (AvgIpc) is 3.57. The molecule has 0 bridgehead atoms. The molecule has 0 saturated carbocycles. The van der Waals surface area contributed by atoms with Gasteiger partial charge in [-0.1, -0.05) is 158 Å². The van der Waals surface area contributed by atoms with E-state index in [-0.39, 0.29) is 23.5 Å². The summed E-state index contributed by atoms with van der Waals surface area (Å²) in [4.78, 5) is 4.93. The van der Waals surface area contributed by atoms with Gasteiger partial charge in [0.25, 0.3) is 0 Å². The summed E-state index contributed by atoms with van der Waals surface area (Å²) < 4.78 is 44.9. The third-order valence-corrected chi connectivity index (χ3v) is 8.89. The molecule has 1 aromatic heterocycles. The van der Waals surface area contributed by atoms with Crippen LogP contribution in [-0.2, 0) is 0 Å². The first-order valence-electron chi connectivity index (χ1n) is 18.2. The molecule has 2 heteroatoms. The number of para-hydroxylation sites is 3. The molecule has 0 spiro atoms. The largest absolute Gasteiger partial charge is 0.292 e. The Hall–Kier alpha value is -6.25. The average molecular weight is 604 g/mol. The van der Waals surface area contributed by atoms with E-state index in [1.54, 1.807) is 0 Å². The minimum atomic E-state index is -0.436. The molecule has 0 saturated heterocycles. The van der Waals surface area contributed by atoms with Crippen LogP contribution in [0.5, 0.6) is 0 Å². The van der Waals surface area contributed by atoms with Crippen molar-refractivity contribution in [3.05, 3.63) is 182 Å². The fraction of sp³-hybridized carbons (Fsp3) is 0. The van der Waals surface area contributed by atoms with E-state index in [1.165, 1.54) is 0 Å². The van der Waals surface area contributed by atoms with Gasteiger partial charge in [0.15, 0.2) is 0 Å². The molecule has 0 aliphatic carbocycles. The molecule has 47 heavy (non-hydrogen) atoms. The minimum Gasteiger partial charge on any atom is -0.292 e. The molecule has 0 radical (unpaired) electrons. The third kappa shape index (κ3) is 4.54. The number of aromatic nitrogens is 2. The Morgan fingerprint density at radius 3 is 1.77 bits per heavy atom. The van der Waals surface area contributed by atoms with Crippen molar-refractivity contribution < 1.29 is 6.85 Å². The SMILES string of the molecule is [2H]c1c([2H])c([2H])c(-c2nc3ccccc3n2-c2ccccc2-c2c3ccccc3c(-c3cccc(-c4ccccc4)c3)c3ccccc23)c([2H])c1[2H]. The zero-order chi connectivity index (χ0) is 35.5. The Labute approximate surface area is 280 Å². The minimum absolute atomic E-state index is 0.0559. The normalized spacial score (nSPS) is 12.9. The van der Waals surface area contributed by atoms with Crippen LogP contribution in [0.3, 0.4) is 0 Å². The van der Waals surface area contributed by atoms with Gasteiger partial charge in [-0.2, -0.15) is 0 Å². The zero-order valence-electron chi connectivity index (χ0n) is 30.3. The Morgan fingerprint density at radius 2 is 1.02 bits per heavy atom. The lowest BCUT2D eigenvalue weighted by atomic mass is 9.85. The quantitative estimate of drug-likeness (QED) is 0.179. The van der Waals surface area contributed by atoms with Gasteiger partial charge in [0.1, 0.15) is 5.82 Å². The second-order valence-electron chi connectivity index (χ2n) is 11.6. The van der Waals surface area contributed by atoms with Crippen molar-refractivity contribution in [2.45, 2.75) is 0 Å². The van der Waals surface area contributed by atoms with Crippen LogP contribution in [-0.4, -0.2) is 9.55 Å². The standard InChI is InChI=1S/C45H30N2/c1-3-16-31(17-4-1)33-20-15-21-34(30-33)43-35-22-7-9-24-37(35)44(38-25-10-8-23-36(38)43)39-26-11-13-28-41(39)47-42-29-14-12-27-40(42)46-45(47)32-18-5-2-6-19-32/h1-30H/i2D,5D,6D,18D,19D. The van der Waals surface area contributed by atoms with E-state index < -0.39 is 18.1 Å². The number of hydrogen-bond donors (Lipinski definition) is 0. The van der Waals surface area contributed by atoms with Gasteiger partial charge < -0.3 is 0 Å². The highest BCUT2D eigenvalue weighted by Crippen LogP contribution is 2.46. The summed E-state index contributed by atoms with van der Waals surface area (Å²) in [5.74, 6) is 0.286. The van der Waals surface area contributed by atoms with Crippen molar-refractivity contribution in [1.29, 1.82) is 0 Å². The van der Waals surface area contributed by atoms with E-state index in [0.29, 0.717) is 5.52 Å². The van der Waals surface area contributed by atoms with Gasteiger partial charge in [-0.25, -0.2) is 4.98 Å². The van der Waals surface area contributed by atoms with Gasteiger partial charge in [-0.15, -0.1) is 0 Å². The molecule has 0 fully saturated rings. The maximum atomic E-state index is 8.89. The third-order valence-electron chi connectivity index (χ3n) is 8.89. The lowest BCUT2D eigenvalue weighted by Gasteiger charge is -2.21. The van der Waals surface area contributed by atoms with Crippen LogP contribution in [0.1, 0.15) is 6.85 Å². The van der Waals surface area contributed by atoms with Crippen molar-refractivity contribution in [1.82, 2.24) is 9.55 Å². The highest BCUT2D eigenvalue weighted by Gasteiger charge is 2.21. The summed E-state index contributed by atoms with van der Waals surface area (Å²) in [6, 6.07) is 50.1. The Morgan fingerprint density at radius 1 is 0.447 bits per heavy atom. The first-order chi connectivity index (χ1) is 25.4. The van der Waals surface area contributed by atoms with Crippen molar-refractivity contribution >= 4 is 32.6 Å². The van der Waals surface area contributed by atoms with E-state index in [4.69, 9.17) is 11.8 Å². The van der Waals surface area contributed by atoms with Gasteiger partial charge in [-0.3, -0.25) is 4.57 Å². The first kappa shape index (κ1) is 22.3. The summed E-state index contributed by atoms with van der Waals surface area (Å²) in [6.07, 6.45) is 0. The highest BCUT2D eigenvalue weighted by atomic mass is 15.1. The molecule has 0 unspecified atom stereocenters. The predicted octanol–water partition coefficient (Wildman–Crippen LogP) is 12.0. The number of benzene rings is 8. The van der Waals surface area contributed by atoms with Crippen molar-refractivity contribution in [3.8, 4) is 50.5 Å². The molecule has 0 aliphatic heterocycles. The van der Waals surface area contributed by atoms with Crippen LogP contribution in [0.15, 0.2) is 182 Å². The van der Waals surface area contributed by atoms with Gasteiger partial charge in [0, 0.05) is 11.1 Å². The van der Waals surface area contributed by atoms with Crippen molar-refractivity contribution in [2.75, 3.05) is 0 Å². The Kier molecular flexibility index (Phi) is 5.35. The Balaban J connectivity index is 1.37. The lowest BCUT2D eigenvalue weighted by molar-refractivity contribution is 1.10. The molecule has 0 aliphatic rings. The van der Waals surface area contributed by atoms with E-state index in [2.05, 4.69) is 103 Å². The fourth-order valence-electron chi connectivity index (χ4n) is 6.89. The molecular weight excluding hydrogens is 569 g/mol. The zero-order valence-corrected chi connectivity index (χ0v) is 25.3. The van der Waals surface area contributed by atoms with Crippen molar-refractivity contribution in [2.24, 2.45) is 0 Å². The van der Waals surface area contributed by atoms with Crippen LogP contribution >= 0.6 is 0 Å². The maximum Gasteiger partial charge on any atom is 0.145 e. The van der Waals surface area contributed by atoms with Crippen LogP contribution in [0.25, 0.3) is 83.0 Å². The highest BCUT2D eigenvalue weighted by molar-refractivity contribution is 6.22. The molecule has 2 nitrogen and oxygen atoms in total. The number of fused-ring (bicyclic) bond motifs is 3. The van der Waals surface area contributed by atoms with Gasteiger partial charge in [0.2, 0.25) is 0 Å². The number of rotatable bonds is 5. The topological polar surface area (TPSA) is 17.8 Å². The van der Waals surface area contributed by atoms with Crippen molar-refractivity contribution in [3.63, 3.8) is 0 Å². The summed E-state index contributed by atoms with van der Waals surface area (Å²) in [7, 11) is 0. The van der Waals surface area contributed by atoms with Gasteiger partial charge in [-0.05, 0) is 73.6 Å². The predicted molar refractivity (Wildman–Crippen MR) is 198 cm³/mol. The second kappa shape index (κ2) is 11.3. The summed E-state index contributed by atoms with van der Waals surface area (Å²) in [6.45, 7) is 0. The maximum absolute atomic E-state index is 8.89. The molecule has 1 heterocycles. The molecule has 220 valence electrons. The monoisotopic (exact) mass is 603 g/mol. The molecule has 8 aromatic carbocycles. The number of hydrogen-bond acceptors (Lipinski definition) is 1. The fourth-order valence-corrected chi connectivity index (χ4v) is 6.89. The molecule has 0 atom stereocenters. The van der Waals surface area contributed by atoms with Gasteiger partial charge >= 0.3 is 0 Å². The number of nitrogens with zero attached hydrogens (tertiary/aromatic N) is 2. The van der Waals surface area contributed by atoms with E-state index >= 15 is 0 Å².